The molecule has 0 aromatic carbocycles. The van der Waals surface area contributed by atoms with Crippen molar-refractivity contribution < 1.29 is 14.6 Å². The van der Waals surface area contributed by atoms with Gasteiger partial charge in [0.15, 0.2) is 0 Å². The zero-order chi connectivity index (χ0) is 9.42. The monoisotopic (exact) mass is 184 g/mol. The van der Waals surface area contributed by atoms with E-state index in [2.05, 4.69) is 0 Å². The maximum absolute atomic E-state index is 11.4. The van der Waals surface area contributed by atoms with Crippen LogP contribution in [0.3, 0.4) is 0 Å². The number of carbonyl (C=O) groups is 1. The lowest BCUT2D eigenvalue weighted by atomic mass is 9.63. The molecular weight excluding hydrogens is 168 g/mol. The fraction of sp³-hybridized carbons (Fsp3) is 0.900. The molecule has 0 unspecified atom stereocenters. The first kappa shape index (κ1) is 9.00. The third-order valence-electron chi connectivity index (χ3n) is 3.63. The molecule has 0 spiro atoms. The van der Waals surface area contributed by atoms with E-state index in [-0.39, 0.29) is 18.0 Å². The second-order valence-corrected chi connectivity index (χ2v) is 4.27. The summed E-state index contributed by atoms with van der Waals surface area (Å²) in [7, 11) is 1.45. The lowest BCUT2D eigenvalue weighted by Crippen LogP contribution is -2.43. The molecule has 3 rings (SSSR count). The number of fused-ring (bicyclic) bond motifs is 3. The Morgan fingerprint density at radius 1 is 1.31 bits per heavy atom. The average molecular weight is 184 g/mol. The number of ether oxygens (including phenoxy) is 1. The third-order valence-corrected chi connectivity index (χ3v) is 3.63. The Morgan fingerprint density at radius 3 is 2.46 bits per heavy atom. The lowest BCUT2D eigenvalue weighted by Gasteiger charge is -2.43. The van der Waals surface area contributed by atoms with Crippen molar-refractivity contribution in [3.05, 3.63) is 0 Å². The number of rotatable bonds is 1. The van der Waals surface area contributed by atoms with Crippen molar-refractivity contribution in [2.45, 2.75) is 31.8 Å². The van der Waals surface area contributed by atoms with Crippen molar-refractivity contribution in [3.8, 4) is 0 Å². The van der Waals surface area contributed by atoms with Gasteiger partial charge in [-0.15, -0.1) is 0 Å². The van der Waals surface area contributed by atoms with Crippen LogP contribution in [0.4, 0.5) is 0 Å². The molecular formula is C10H16O3. The molecule has 1 N–H and O–H groups in total. The maximum Gasteiger partial charge on any atom is 0.308 e. The van der Waals surface area contributed by atoms with Gasteiger partial charge in [0.05, 0.1) is 19.1 Å². The molecule has 3 aliphatic rings. The van der Waals surface area contributed by atoms with Gasteiger partial charge in [0.25, 0.3) is 0 Å². The molecule has 3 saturated carbocycles. The highest BCUT2D eigenvalue weighted by molar-refractivity contribution is 5.73. The Kier molecular flexibility index (Phi) is 2.28. The fourth-order valence-electron chi connectivity index (χ4n) is 2.84. The minimum atomic E-state index is -0.167. The first-order chi connectivity index (χ1) is 6.22. The quantitative estimate of drug-likeness (QED) is 0.617. The largest absolute Gasteiger partial charge is 0.469 e. The van der Waals surface area contributed by atoms with E-state index in [4.69, 9.17) is 4.74 Å². The number of esters is 1. The summed E-state index contributed by atoms with van der Waals surface area (Å²) in [6, 6.07) is 0. The molecule has 0 aromatic heterocycles. The van der Waals surface area contributed by atoms with Crippen molar-refractivity contribution in [3.63, 3.8) is 0 Å². The van der Waals surface area contributed by atoms with Gasteiger partial charge in [-0.25, -0.2) is 0 Å². The van der Waals surface area contributed by atoms with Crippen molar-refractivity contribution in [2.75, 3.05) is 7.11 Å². The fourth-order valence-corrected chi connectivity index (χ4v) is 2.84. The first-order valence-corrected chi connectivity index (χ1v) is 4.98. The number of hydrogen-bond donors (Lipinski definition) is 1. The molecule has 0 aromatic rings. The van der Waals surface area contributed by atoms with Crippen LogP contribution in [0.1, 0.15) is 25.7 Å². The van der Waals surface area contributed by atoms with Gasteiger partial charge in [-0.3, -0.25) is 4.79 Å². The van der Waals surface area contributed by atoms with Gasteiger partial charge in [-0.05, 0) is 37.5 Å². The van der Waals surface area contributed by atoms with Crippen molar-refractivity contribution in [2.24, 2.45) is 17.8 Å². The van der Waals surface area contributed by atoms with Crippen LogP contribution >= 0.6 is 0 Å². The van der Waals surface area contributed by atoms with Crippen LogP contribution in [0.5, 0.6) is 0 Å². The van der Waals surface area contributed by atoms with Crippen LogP contribution in [-0.4, -0.2) is 24.3 Å². The molecule has 3 aliphatic carbocycles. The molecule has 0 saturated heterocycles. The summed E-state index contributed by atoms with van der Waals surface area (Å²) in [6.07, 6.45) is 3.63. The molecule has 0 heterocycles. The normalized spacial score (nSPS) is 43.2. The van der Waals surface area contributed by atoms with E-state index in [1.165, 1.54) is 7.11 Å². The molecule has 0 aliphatic heterocycles. The number of methoxy groups -OCH3 is 1. The predicted molar refractivity (Wildman–Crippen MR) is 47.0 cm³/mol. The van der Waals surface area contributed by atoms with Crippen molar-refractivity contribution in [1.29, 1.82) is 0 Å². The Hall–Kier alpha value is -0.570. The number of aliphatic hydroxyl groups excluding tert-OH is 1. The van der Waals surface area contributed by atoms with Crippen LogP contribution in [-0.2, 0) is 9.53 Å². The standard InChI is InChI=1S/C10H16O3/c1-13-10(12)8-4-7-3-2-6(8)5-9(7)11/h6-9,11H,2-5H2,1H3/t6-,7-,8+,9-/m0/s1. The molecule has 3 heteroatoms. The van der Waals surface area contributed by atoms with E-state index >= 15 is 0 Å². The van der Waals surface area contributed by atoms with Crippen molar-refractivity contribution in [1.82, 2.24) is 0 Å². The van der Waals surface area contributed by atoms with Gasteiger partial charge in [-0.1, -0.05) is 0 Å². The van der Waals surface area contributed by atoms with Crippen LogP contribution < -0.4 is 0 Å². The maximum atomic E-state index is 11.4. The molecule has 74 valence electrons. The molecule has 3 fully saturated rings. The lowest BCUT2D eigenvalue weighted by molar-refractivity contribution is -0.154. The Morgan fingerprint density at radius 2 is 2.00 bits per heavy atom. The minimum Gasteiger partial charge on any atom is -0.469 e. The van der Waals surface area contributed by atoms with Crippen LogP contribution in [0.25, 0.3) is 0 Å². The summed E-state index contributed by atoms with van der Waals surface area (Å²) in [4.78, 5) is 11.4. The third kappa shape index (κ3) is 1.46. The second kappa shape index (κ2) is 3.29. The van der Waals surface area contributed by atoms with Gasteiger partial charge < -0.3 is 9.84 Å². The summed E-state index contributed by atoms with van der Waals surface area (Å²) >= 11 is 0. The smallest absolute Gasteiger partial charge is 0.308 e. The van der Waals surface area contributed by atoms with Gasteiger partial charge in [0, 0.05) is 0 Å². The molecule has 0 radical (unpaired) electrons. The van der Waals surface area contributed by atoms with E-state index in [1.807, 2.05) is 0 Å². The summed E-state index contributed by atoms with van der Waals surface area (Å²) in [5.41, 5.74) is 0. The first-order valence-electron chi connectivity index (χ1n) is 4.98. The molecule has 0 amide bonds. The summed E-state index contributed by atoms with van der Waals surface area (Å²) in [6.45, 7) is 0. The second-order valence-electron chi connectivity index (χ2n) is 4.27. The van der Waals surface area contributed by atoms with Gasteiger partial charge in [-0.2, -0.15) is 0 Å². The van der Waals surface area contributed by atoms with E-state index in [0.717, 1.165) is 25.7 Å². The zero-order valence-corrected chi connectivity index (χ0v) is 7.90. The van der Waals surface area contributed by atoms with Gasteiger partial charge in [0.2, 0.25) is 0 Å². The van der Waals surface area contributed by atoms with E-state index in [1.54, 1.807) is 0 Å². The van der Waals surface area contributed by atoms with Crippen LogP contribution in [0, 0.1) is 17.8 Å². The van der Waals surface area contributed by atoms with Crippen molar-refractivity contribution >= 4 is 5.97 Å². The Bertz CT molecular complexity index is 214. The molecule has 2 bridgehead atoms. The highest BCUT2D eigenvalue weighted by atomic mass is 16.5. The van der Waals surface area contributed by atoms with E-state index in [0.29, 0.717) is 11.8 Å². The molecule has 4 atom stereocenters. The van der Waals surface area contributed by atoms with Crippen LogP contribution in [0.2, 0.25) is 0 Å². The molecule has 3 nitrogen and oxygen atoms in total. The Labute approximate surface area is 78.1 Å². The topological polar surface area (TPSA) is 46.5 Å². The highest BCUT2D eigenvalue weighted by Crippen LogP contribution is 2.45. The predicted octanol–water partition coefficient (Wildman–Crippen LogP) is 0.956. The summed E-state index contributed by atoms with van der Waals surface area (Å²) < 4.78 is 4.76. The average Bonchev–Trinajstić information content (AvgIpc) is 2.17. The SMILES string of the molecule is COC(=O)[C@@H]1C[C@@H]2CC[C@H]1C[C@@H]2O. The van der Waals surface area contributed by atoms with E-state index in [9.17, 15) is 9.90 Å². The van der Waals surface area contributed by atoms with Crippen LogP contribution in [0.15, 0.2) is 0 Å². The number of carbonyl (C=O) groups excluding carboxylic acids is 1. The summed E-state index contributed by atoms with van der Waals surface area (Å²) in [5, 5.41) is 9.62. The minimum absolute atomic E-state index is 0.0622. The highest BCUT2D eigenvalue weighted by Gasteiger charge is 2.44. The Balaban J connectivity index is 2.06. The van der Waals surface area contributed by atoms with Gasteiger partial charge in [0.1, 0.15) is 0 Å². The zero-order valence-electron chi connectivity index (χ0n) is 7.90. The van der Waals surface area contributed by atoms with Gasteiger partial charge >= 0.3 is 5.97 Å². The summed E-state index contributed by atoms with van der Waals surface area (Å²) in [5.74, 6) is 0.690. The number of hydrogen-bond acceptors (Lipinski definition) is 3. The van der Waals surface area contributed by atoms with E-state index < -0.39 is 0 Å². The molecule has 13 heavy (non-hydrogen) atoms. The number of aliphatic hydroxyl groups is 1.